The molecular formula is C20H23NO4. The molecule has 6 rings (SSSR count). The average Bonchev–Trinajstić information content (AvgIpc) is 2.82. The summed E-state index contributed by atoms with van der Waals surface area (Å²) in [5.41, 5.74) is 0.754. The summed E-state index contributed by atoms with van der Waals surface area (Å²) in [7, 11) is 0. The van der Waals surface area contributed by atoms with Gasteiger partial charge in [0.25, 0.3) is 11.8 Å². The molecule has 1 atom stereocenters. The normalized spacial score (nSPS) is 37.1. The minimum absolute atomic E-state index is 0.00927. The predicted molar refractivity (Wildman–Crippen MR) is 89.5 cm³/mol. The van der Waals surface area contributed by atoms with Crippen LogP contribution in [0.15, 0.2) is 24.3 Å². The summed E-state index contributed by atoms with van der Waals surface area (Å²) in [6.07, 6.45) is 4.02. The molecule has 2 amide bonds. The first kappa shape index (κ1) is 15.5. The van der Waals surface area contributed by atoms with E-state index in [9.17, 15) is 19.8 Å². The molecule has 25 heavy (non-hydrogen) atoms. The monoisotopic (exact) mass is 341 g/mol. The molecule has 1 heterocycles. The van der Waals surface area contributed by atoms with Crippen molar-refractivity contribution in [1.29, 1.82) is 0 Å². The lowest BCUT2D eigenvalue weighted by molar-refractivity contribution is -0.147. The number of hydrogen-bond donors (Lipinski definition) is 2. The van der Waals surface area contributed by atoms with Crippen LogP contribution < -0.4 is 0 Å². The van der Waals surface area contributed by atoms with Gasteiger partial charge in [0, 0.05) is 0 Å². The van der Waals surface area contributed by atoms with Crippen molar-refractivity contribution in [3.63, 3.8) is 0 Å². The van der Waals surface area contributed by atoms with Crippen LogP contribution in [0.1, 0.15) is 52.8 Å². The molecule has 4 saturated carbocycles. The van der Waals surface area contributed by atoms with E-state index in [1.54, 1.807) is 24.3 Å². The Kier molecular flexibility index (Phi) is 3.35. The van der Waals surface area contributed by atoms with E-state index in [1.807, 2.05) is 0 Å². The smallest absolute Gasteiger partial charge is 0.261 e. The standard InChI is InChI=1S/C20H23NO4/c22-18-14-3-1-2-4-15(14)19(23)21(18)17(20(24)25)16-12-6-10-5-11(8-12)9-13(16)7-10/h1-4,10-13,16-17,20,24-25H,5-9H2/t10?,11?,12?,13?,16?,17-/m0/s1. The first-order valence-corrected chi connectivity index (χ1v) is 9.37. The molecule has 5 nitrogen and oxygen atoms in total. The maximum absolute atomic E-state index is 12.9. The largest absolute Gasteiger partial charge is 0.366 e. The van der Waals surface area contributed by atoms with Crippen LogP contribution in [0, 0.1) is 29.6 Å². The topological polar surface area (TPSA) is 77.8 Å². The van der Waals surface area contributed by atoms with Gasteiger partial charge in [0.1, 0.15) is 0 Å². The Bertz CT molecular complexity index is 680. The molecule has 4 aliphatic carbocycles. The number of amides is 2. The number of carbonyl (C=O) groups excluding carboxylic acids is 2. The number of fused-ring (bicyclic) bond motifs is 1. The number of imide groups is 1. The van der Waals surface area contributed by atoms with Crippen molar-refractivity contribution >= 4 is 11.8 Å². The van der Waals surface area contributed by atoms with Crippen LogP contribution in [0.4, 0.5) is 0 Å². The first-order valence-electron chi connectivity index (χ1n) is 9.37. The minimum atomic E-state index is -1.69. The molecule has 0 radical (unpaired) electrons. The molecule has 5 aliphatic rings. The average molecular weight is 341 g/mol. The Labute approximate surface area is 146 Å². The minimum Gasteiger partial charge on any atom is -0.366 e. The zero-order chi connectivity index (χ0) is 17.3. The Morgan fingerprint density at radius 2 is 1.32 bits per heavy atom. The third-order valence-corrected chi connectivity index (χ3v) is 7.12. The third kappa shape index (κ3) is 2.15. The molecule has 2 N–H and O–H groups in total. The van der Waals surface area contributed by atoms with Crippen molar-refractivity contribution < 1.29 is 19.8 Å². The number of aliphatic hydroxyl groups excluding tert-OH is 1. The Morgan fingerprint density at radius 1 is 0.840 bits per heavy atom. The SMILES string of the molecule is O=C1c2ccccc2C(=O)N1[C@H](C(O)O)C1C2CC3CC(C2)CC1C3. The fraction of sp³-hybridized carbons (Fsp3) is 0.600. The van der Waals surface area contributed by atoms with E-state index in [1.165, 1.54) is 6.42 Å². The number of nitrogens with zero attached hydrogens (tertiary/aromatic N) is 1. The number of carbonyl (C=O) groups is 2. The molecule has 5 heteroatoms. The molecule has 1 aromatic carbocycles. The lowest BCUT2D eigenvalue weighted by Gasteiger charge is -2.57. The molecule has 132 valence electrons. The predicted octanol–water partition coefficient (Wildman–Crippen LogP) is 2.03. The van der Waals surface area contributed by atoms with Gasteiger partial charge in [-0.15, -0.1) is 0 Å². The summed E-state index contributed by atoms with van der Waals surface area (Å²) in [6.45, 7) is 0. The summed E-state index contributed by atoms with van der Waals surface area (Å²) in [5, 5.41) is 20.4. The van der Waals surface area contributed by atoms with E-state index in [-0.39, 0.29) is 17.7 Å². The van der Waals surface area contributed by atoms with Crippen molar-refractivity contribution in [3.8, 4) is 0 Å². The summed E-state index contributed by atoms with van der Waals surface area (Å²) in [6, 6.07) is 5.93. The van der Waals surface area contributed by atoms with Gasteiger partial charge in [-0.25, -0.2) is 0 Å². The molecule has 4 fully saturated rings. The second-order valence-electron chi connectivity index (χ2n) is 8.44. The van der Waals surface area contributed by atoms with Gasteiger partial charge in [0.05, 0.1) is 17.2 Å². The van der Waals surface area contributed by atoms with Gasteiger partial charge in [0.2, 0.25) is 0 Å². The molecule has 0 aromatic heterocycles. The highest BCUT2D eigenvalue weighted by atomic mass is 16.5. The zero-order valence-electron chi connectivity index (χ0n) is 14.0. The summed E-state index contributed by atoms with van der Waals surface area (Å²) < 4.78 is 0. The maximum atomic E-state index is 12.9. The quantitative estimate of drug-likeness (QED) is 0.651. The van der Waals surface area contributed by atoms with Crippen molar-refractivity contribution in [2.24, 2.45) is 29.6 Å². The summed E-state index contributed by atoms with van der Waals surface area (Å²) in [5.74, 6) is 1.53. The van der Waals surface area contributed by atoms with Crippen molar-refractivity contribution in [3.05, 3.63) is 35.4 Å². The van der Waals surface area contributed by atoms with Gasteiger partial charge < -0.3 is 10.2 Å². The van der Waals surface area contributed by atoms with Crippen LogP contribution in [-0.4, -0.2) is 39.3 Å². The van der Waals surface area contributed by atoms with Crippen LogP contribution in [0.5, 0.6) is 0 Å². The zero-order valence-corrected chi connectivity index (χ0v) is 14.0. The van der Waals surface area contributed by atoms with Crippen LogP contribution in [0.2, 0.25) is 0 Å². The van der Waals surface area contributed by atoms with Crippen LogP contribution in [0.25, 0.3) is 0 Å². The molecular weight excluding hydrogens is 318 g/mol. The van der Waals surface area contributed by atoms with Crippen molar-refractivity contribution in [2.45, 2.75) is 44.4 Å². The fourth-order valence-corrected chi connectivity index (χ4v) is 6.51. The number of aliphatic hydroxyl groups is 2. The highest BCUT2D eigenvalue weighted by Crippen LogP contribution is 2.58. The number of rotatable bonds is 3. The molecule has 4 bridgehead atoms. The summed E-state index contributed by atoms with van der Waals surface area (Å²) in [4.78, 5) is 26.9. The van der Waals surface area contributed by atoms with E-state index in [0.717, 1.165) is 42.4 Å². The molecule has 0 spiro atoms. The highest BCUT2D eigenvalue weighted by molar-refractivity contribution is 6.21. The number of hydrogen-bond acceptors (Lipinski definition) is 4. The second-order valence-corrected chi connectivity index (χ2v) is 8.44. The van der Waals surface area contributed by atoms with Crippen molar-refractivity contribution in [1.82, 2.24) is 4.90 Å². The lowest BCUT2D eigenvalue weighted by atomic mass is 9.50. The van der Waals surface area contributed by atoms with E-state index in [4.69, 9.17) is 0 Å². The third-order valence-electron chi connectivity index (χ3n) is 7.12. The van der Waals surface area contributed by atoms with E-state index in [0.29, 0.717) is 23.0 Å². The highest BCUT2D eigenvalue weighted by Gasteiger charge is 2.55. The van der Waals surface area contributed by atoms with E-state index < -0.39 is 12.3 Å². The molecule has 0 saturated heterocycles. The van der Waals surface area contributed by atoms with Gasteiger partial charge in [0.15, 0.2) is 6.29 Å². The van der Waals surface area contributed by atoms with Gasteiger partial charge in [-0.05, 0) is 73.8 Å². The van der Waals surface area contributed by atoms with E-state index >= 15 is 0 Å². The lowest BCUT2D eigenvalue weighted by Crippen LogP contribution is -2.59. The van der Waals surface area contributed by atoms with Gasteiger partial charge in [-0.1, -0.05) is 12.1 Å². The molecule has 1 aliphatic heterocycles. The molecule has 1 aromatic rings. The fourth-order valence-electron chi connectivity index (χ4n) is 6.51. The molecule has 0 unspecified atom stereocenters. The van der Waals surface area contributed by atoms with Crippen molar-refractivity contribution in [2.75, 3.05) is 0 Å². The Morgan fingerprint density at radius 3 is 1.76 bits per heavy atom. The van der Waals surface area contributed by atoms with Gasteiger partial charge in [-0.2, -0.15) is 0 Å². The van der Waals surface area contributed by atoms with Crippen LogP contribution in [-0.2, 0) is 0 Å². The van der Waals surface area contributed by atoms with Gasteiger partial charge in [-0.3, -0.25) is 14.5 Å². The maximum Gasteiger partial charge on any atom is 0.261 e. The van der Waals surface area contributed by atoms with E-state index in [2.05, 4.69) is 0 Å². The second kappa shape index (κ2) is 5.39. The van der Waals surface area contributed by atoms with Crippen LogP contribution in [0.3, 0.4) is 0 Å². The number of benzene rings is 1. The first-order chi connectivity index (χ1) is 12.0. The van der Waals surface area contributed by atoms with Gasteiger partial charge >= 0.3 is 0 Å². The summed E-state index contributed by atoms with van der Waals surface area (Å²) >= 11 is 0. The Hall–Kier alpha value is -1.72. The van der Waals surface area contributed by atoms with Crippen LogP contribution >= 0.6 is 0 Å². The Balaban J connectivity index is 1.53.